The predicted molar refractivity (Wildman–Crippen MR) is 123 cm³/mol. The van der Waals surface area contributed by atoms with Gasteiger partial charge in [0.15, 0.2) is 0 Å². The Morgan fingerprint density at radius 3 is 2.43 bits per heavy atom. The Bertz CT molecular complexity index is 832. The van der Waals surface area contributed by atoms with E-state index < -0.39 is 0 Å². The molecule has 0 saturated carbocycles. The van der Waals surface area contributed by atoms with Crippen molar-refractivity contribution in [3.05, 3.63) is 67.6 Å². The van der Waals surface area contributed by atoms with Crippen LogP contribution in [0.1, 0.15) is 43.4 Å². The fourth-order valence-corrected chi connectivity index (χ4v) is 5.48. The van der Waals surface area contributed by atoms with Crippen LogP contribution in [-0.2, 0) is 10.2 Å². The molecule has 1 unspecified atom stereocenters. The Kier molecular flexibility index (Phi) is 7.24. The number of amides is 1. The maximum absolute atomic E-state index is 13.3. The molecule has 1 aliphatic heterocycles. The number of carbonyl (C=O) groups is 1. The third-order valence-electron chi connectivity index (χ3n) is 5.83. The molecular formula is C22H25Br2ClN2O. The maximum Gasteiger partial charge on any atom is 0.223 e. The van der Waals surface area contributed by atoms with E-state index in [4.69, 9.17) is 11.6 Å². The summed E-state index contributed by atoms with van der Waals surface area (Å²) < 4.78 is 2.00. The van der Waals surface area contributed by atoms with E-state index in [-0.39, 0.29) is 17.4 Å². The lowest BCUT2D eigenvalue weighted by Gasteiger charge is -2.39. The molecule has 0 aromatic heterocycles. The number of hydrogen-bond acceptors (Lipinski definition) is 2. The molecule has 1 amide bonds. The lowest BCUT2D eigenvalue weighted by atomic mass is 9.70. The summed E-state index contributed by atoms with van der Waals surface area (Å²) in [4.78, 5) is 15.2. The highest BCUT2D eigenvalue weighted by Crippen LogP contribution is 2.39. The van der Waals surface area contributed by atoms with Crippen molar-refractivity contribution in [3.8, 4) is 0 Å². The summed E-state index contributed by atoms with van der Waals surface area (Å²) in [5.41, 5.74) is 2.10. The SMILES string of the molecule is CC(c1cc(Br)cc(Br)c1)N(C)C(=O)CC1(c2cccc(Cl)c2)CCNCC1. The van der Waals surface area contributed by atoms with E-state index in [9.17, 15) is 4.79 Å². The quantitative estimate of drug-likeness (QED) is 0.509. The molecule has 1 saturated heterocycles. The molecule has 3 nitrogen and oxygen atoms in total. The van der Waals surface area contributed by atoms with Crippen LogP contribution in [0.15, 0.2) is 51.4 Å². The second-order valence-corrected chi connectivity index (χ2v) is 9.87. The summed E-state index contributed by atoms with van der Waals surface area (Å²) in [6.07, 6.45) is 2.36. The van der Waals surface area contributed by atoms with Gasteiger partial charge in [-0.3, -0.25) is 4.79 Å². The van der Waals surface area contributed by atoms with Gasteiger partial charge in [-0.05, 0) is 74.3 Å². The predicted octanol–water partition coefficient (Wildman–Crippen LogP) is 6.10. The first-order valence-electron chi connectivity index (χ1n) is 9.49. The van der Waals surface area contributed by atoms with Crippen LogP contribution in [0.3, 0.4) is 0 Å². The maximum atomic E-state index is 13.3. The van der Waals surface area contributed by atoms with Crippen molar-refractivity contribution >= 4 is 49.4 Å². The van der Waals surface area contributed by atoms with Gasteiger partial charge in [0.2, 0.25) is 5.91 Å². The molecule has 2 aromatic rings. The largest absolute Gasteiger partial charge is 0.339 e. The molecule has 1 heterocycles. The second-order valence-electron chi connectivity index (χ2n) is 7.60. The molecule has 6 heteroatoms. The van der Waals surface area contributed by atoms with E-state index in [0.29, 0.717) is 6.42 Å². The number of halogens is 3. The molecule has 0 bridgehead atoms. The number of hydrogen-bond donors (Lipinski definition) is 1. The first-order chi connectivity index (χ1) is 13.3. The fraction of sp³-hybridized carbons (Fsp3) is 0.409. The summed E-state index contributed by atoms with van der Waals surface area (Å²) in [5.74, 6) is 0.158. The minimum atomic E-state index is -0.168. The molecule has 150 valence electrons. The van der Waals surface area contributed by atoms with Crippen molar-refractivity contribution in [3.63, 3.8) is 0 Å². The topological polar surface area (TPSA) is 32.3 Å². The molecule has 0 radical (unpaired) electrons. The van der Waals surface area contributed by atoms with Gasteiger partial charge < -0.3 is 10.2 Å². The van der Waals surface area contributed by atoms with Crippen LogP contribution < -0.4 is 5.32 Å². The zero-order valence-electron chi connectivity index (χ0n) is 16.1. The summed E-state index contributed by atoms with van der Waals surface area (Å²) in [5, 5.41) is 4.14. The molecule has 0 spiro atoms. The van der Waals surface area contributed by atoms with Crippen molar-refractivity contribution in [2.24, 2.45) is 0 Å². The average Bonchev–Trinajstić information content (AvgIpc) is 2.66. The van der Waals surface area contributed by atoms with Gasteiger partial charge in [-0.1, -0.05) is 55.6 Å². The number of benzene rings is 2. The first-order valence-corrected chi connectivity index (χ1v) is 11.5. The molecule has 2 aromatic carbocycles. The third kappa shape index (κ3) is 4.99. The van der Waals surface area contributed by atoms with Gasteiger partial charge >= 0.3 is 0 Å². The smallest absolute Gasteiger partial charge is 0.223 e. The van der Waals surface area contributed by atoms with Crippen LogP contribution in [0.5, 0.6) is 0 Å². The van der Waals surface area contributed by atoms with Gasteiger partial charge in [0, 0.05) is 32.9 Å². The van der Waals surface area contributed by atoms with Crippen LogP contribution in [0, 0.1) is 0 Å². The van der Waals surface area contributed by atoms with E-state index in [2.05, 4.69) is 62.3 Å². The highest BCUT2D eigenvalue weighted by molar-refractivity contribution is 9.11. The summed E-state index contributed by atoms with van der Waals surface area (Å²) in [6, 6.07) is 14.1. The first kappa shape index (κ1) is 21.8. The van der Waals surface area contributed by atoms with Crippen LogP contribution in [0.4, 0.5) is 0 Å². The molecule has 0 aliphatic carbocycles. The van der Waals surface area contributed by atoms with E-state index in [1.54, 1.807) is 0 Å². The Labute approximate surface area is 189 Å². The van der Waals surface area contributed by atoms with Gasteiger partial charge in [-0.2, -0.15) is 0 Å². The van der Waals surface area contributed by atoms with E-state index in [0.717, 1.165) is 45.5 Å². The zero-order chi connectivity index (χ0) is 20.3. The lowest BCUT2D eigenvalue weighted by molar-refractivity contribution is -0.133. The van der Waals surface area contributed by atoms with E-state index in [1.807, 2.05) is 36.2 Å². The van der Waals surface area contributed by atoms with Gasteiger partial charge in [-0.15, -0.1) is 0 Å². The zero-order valence-corrected chi connectivity index (χ0v) is 20.1. The van der Waals surface area contributed by atoms with Gasteiger partial charge in [0.25, 0.3) is 0 Å². The summed E-state index contributed by atoms with van der Waals surface area (Å²) in [7, 11) is 1.90. The third-order valence-corrected chi connectivity index (χ3v) is 6.98. The van der Waals surface area contributed by atoms with Crippen LogP contribution in [0.25, 0.3) is 0 Å². The Morgan fingerprint density at radius 1 is 1.18 bits per heavy atom. The average molecular weight is 529 g/mol. The number of piperidine rings is 1. The Hall–Kier alpha value is -0.880. The standard InChI is InChI=1S/C22H25Br2ClN2O/c1-15(16-10-18(23)13-19(24)11-16)27(2)21(28)14-22(6-8-26-9-7-22)17-4-3-5-20(25)12-17/h3-5,10-13,15,26H,6-9,14H2,1-2H3. The van der Waals surface area contributed by atoms with E-state index in [1.165, 1.54) is 5.56 Å². The minimum Gasteiger partial charge on any atom is -0.339 e. The Balaban J connectivity index is 1.83. The van der Waals surface area contributed by atoms with Crippen LogP contribution in [0.2, 0.25) is 5.02 Å². The highest BCUT2D eigenvalue weighted by Gasteiger charge is 2.37. The van der Waals surface area contributed by atoms with Gasteiger partial charge in [0.05, 0.1) is 6.04 Å². The number of rotatable bonds is 5. The summed E-state index contributed by atoms with van der Waals surface area (Å²) in [6.45, 7) is 3.90. The van der Waals surface area contributed by atoms with Crippen molar-refractivity contribution in [2.75, 3.05) is 20.1 Å². The lowest BCUT2D eigenvalue weighted by Crippen LogP contribution is -2.44. The van der Waals surface area contributed by atoms with Crippen molar-refractivity contribution in [1.29, 1.82) is 0 Å². The number of nitrogens with one attached hydrogen (secondary N) is 1. The monoisotopic (exact) mass is 526 g/mol. The molecule has 1 atom stereocenters. The minimum absolute atomic E-state index is 0.0144. The number of carbonyl (C=O) groups excluding carboxylic acids is 1. The number of nitrogens with zero attached hydrogens (tertiary/aromatic N) is 1. The normalized spacial score (nSPS) is 17.2. The van der Waals surface area contributed by atoms with Crippen LogP contribution in [-0.4, -0.2) is 30.9 Å². The molecule has 1 fully saturated rings. The molecule has 1 N–H and O–H groups in total. The van der Waals surface area contributed by atoms with Crippen molar-refractivity contribution in [1.82, 2.24) is 10.2 Å². The van der Waals surface area contributed by atoms with Crippen molar-refractivity contribution < 1.29 is 4.79 Å². The second kappa shape index (κ2) is 9.29. The van der Waals surface area contributed by atoms with E-state index >= 15 is 0 Å². The molecule has 1 aliphatic rings. The highest BCUT2D eigenvalue weighted by atomic mass is 79.9. The fourth-order valence-electron chi connectivity index (χ4n) is 3.96. The summed E-state index contributed by atoms with van der Waals surface area (Å²) >= 11 is 13.3. The molecule has 28 heavy (non-hydrogen) atoms. The molecule has 3 rings (SSSR count). The molecular weight excluding hydrogens is 504 g/mol. The van der Waals surface area contributed by atoms with Gasteiger partial charge in [0.1, 0.15) is 0 Å². The van der Waals surface area contributed by atoms with Crippen molar-refractivity contribution in [2.45, 2.75) is 37.6 Å². The van der Waals surface area contributed by atoms with Gasteiger partial charge in [-0.25, -0.2) is 0 Å². The van der Waals surface area contributed by atoms with Crippen LogP contribution >= 0.6 is 43.5 Å². The Morgan fingerprint density at radius 2 is 1.82 bits per heavy atom.